The average molecular weight is 142 g/mol. The highest BCUT2D eigenvalue weighted by Gasteiger charge is 2.24. The summed E-state index contributed by atoms with van der Waals surface area (Å²) >= 11 is 0. The molecular weight excluding hydrogens is 128 g/mol. The largest absolute Gasteiger partial charge is 0.378 e. The number of piperazine rings is 1. The maximum Gasteiger partial charge on any atom is 0.0634 e. The van der Waals surface area contributed by atoms with Gasteiger partial charge in [0.25, 0.3) is 0 Å². The third-order valence-corrected chi connectivity index (χ3v) is 2.31. The number of morpholine rings is 1. The van der Waals surface area contributed by atoms with Crippen molar-refractivity contribution in [1.82, 2.24) is 10.2 Å². The third kappa shape index (κ3) is 1.17. The van der Waals surface area contributed by atoms with Crippen molar-refractivity contribution in [2.24, 2.45) is 0 Å². The van der Waals surface area contributed by atoms with E-state index in [2.05, 4.69) is 10.2 Å². The number of hydrogen-bond donors (Lipinski definition) is 1. The SMILES string of the molecule is C1CN2CCOCC2CN1. The molecule has 58 valence electrons. The quantitative estimate of drug-likeness (QED) is 0.483. The van der Waals surface area contributed by atoms with Gasteiger partial charge >= 0.3 is 0 Å². The molecule has 1 unspecified atom stereocenters. The lowest BCUT2D eigenvalue weighted by atomic mass is 10.2. The van der Waals surface area contributed by atoms with E-state index in [9.17, 15) is 0 Å². The molecule has 10 heavy (non-hydrogen) atoms. The Kier molecular flexibility index (Phi) is 1.88. The summed E-state index contributed by atoms with van der Waals surface area (Å²) in [6.07, 6.45) is 0. The summed E-state index contributed by atoms with van der Waals surface area (Å²) < 4.78 is 5.36. The summed E-state index contributed by atoms with van der Waals surface area (Å²) in [6, 6.07) is 0.655. The molecule has 2 saturated heterocycles. The molecule has 0 bridgehead atoms. The molecule has 2 aliphatic heterocycles. The van der Waals surface area contributed by atoms with Gasteiger partial charge in [0, 0.05) is 32.2 Å². The van der Waals surface area contributed by atoms with Gasteiger partial charge in [-0.25, -0.2) is 0 Å². The van der Waals surface area contributed by atoms with E-state index >= 15 is 0 Å². The smallest absolute Gasteiger partial charge is 0.0634 e. The lowest BCUT2D eigenvalue weighted by molar-refractivity contribution is -0.0168. The van der Waals surface area contributed by atoms with Crippen LogP contribution in [-0.2, 0) is 4.74 Å². The summed E-state index contributed by atoms with van der Waals surface area (Å²) in [5, 5.41) is 3.36. The Morgan fingerprint density at radius 1 is 1.40 bits per heavy atom. The Balaban J connectivity index is 1.93. The molecule has 0 spiro atoms. The van der Waals surface area contributed by atoms with Gasteiger partial charge in [-0.15, -0.1) is 0 Å². The second-order valence-corrected chi connectivity index (χ2v) is 2.97. The highest BCUT2D eigenvalue weighted by Crippen LogP contribution is 2.07. The highest BCUT2D eigenvalue weighted by molar-refractivity contribution is 4.81. The first-order valence-electron chi connectivity index (χ1n) is 3.99. The Bertz CT molecular complexity index is 92.2. The lowest BCUT2D eigenvalue weighted by Crippen LogP contribution is -2.56. The number of ether oxygens (including phenoxy) is 1. The second-order valence-electron chi connectivity index (χ2n) is 2.97. The minimum absolute atomic E-state index is 0.655. The van der Waals surface area contributed by atoms with Crippen molar-refractivity contribution in [1.29, 1.82) is 0 Å². The van der Waals surface area contributed by atoms with E-state index in [1.165, 1.54) is 6.54 Å². The Labute approximate surface area is 61.3 Å². The van der Waals surface area contributed by atoms with Crippen LogP contribution >= 0.6 is 0 Å². The molecule has 3 heteroatoms. The molecule has 0 amide bonds. The van der Waals surface area contributed by atoms with Crippen molar-refractivity contribution < 1.29 is 4.74 Å². The van der Waals surface area contributed by atoms with E-state index in [-0.39, 0.29) is 0 Å². The molecule has 0 aliphatic carbocycles. The zero-order chi connectivity index (χ0) is 6.81. The van der Waals surface area contributed by atoms with Gasteiger partial charge in [-0.1, -0.05) is 0 Å². The predicted molar refractivity (Wildman–Crippen MR) is 39.0 cm³/mol. The van der Waals surface area contributed by atoms with Crippen molar-refractivity contribution >= 4 is 0 Å². The normalized spacial score (nSPS) is 35.4. The number of fused-ring (bicyclic) bond motifs is 1. The zero-order valence-electron chi connectivity index (χ0n) is 6.18. The van der Waals surface area contributed by atoms with Crippen LogP contribution in [0.15, 0.2) is 0 Å². The van der Waals surface area contributed by atoms with Crippen molar-refractivity contribution in [2.75, 3.05) is 39.4 Å². The molecule has 0 aromatic heterocycles. The fourth-order valence-corrected chi connectivity index (χ4v) is 1.66. The van der Waals surface area contributed by atoms with E-state index in [1.54, 1.807) is 0 Å². The van der Waals surface area contributed by atoms with Gasteiger partial charge in [0.05, 0.1) is 13.2 Å². The summed E-state index contributed by atoms with van der Waals surface area (Å²) in [7, 11) is 0. The third-order valence-electron chi connectivity index (χ3n) is 2.31. The maximum atomic E-state index is 5.36. The van der Waals surface area contributed by atoms with E-state index in [0.29, 0.717) is 6.04 Å². The van der Waals surface area contributed by atoms with E-state index in [1.807, 2.05) is 0 Å². The number of nitrogens with zero attached hydrogens (tertiary/aromatic N) is 1. The van der Waals surface area contributed by atoms with Crippen LogP contribution in [0.25, 0.3) is 0 Å². The highest BCUT2D eigenvalue weighted by atomic mass is 16.5. The molecule has 1 atom stereocenters. The summed E-state index contributed by atoms with van der Waals surface area (Å²) in [4.78, 5) is 2.51. The van der Waals surface area contributed by atoms with Gasteiger partial charge < -0.3 is 10.1 Å². The Morgan fingerprint density at radius 2 is 2.40 bits per heavy atom. The monoisotopic (exact) mass is 142 g/mol. The van der Waals surface area contributed by atoms with Crippen LogP contribution in [0.3, 0.4) is 0 Å². The first-order chi connectivity index (χ1) is 4.97. The molecule has 2 aliphatic rings. The van der Waals surface area contributed by atoms with Crippen LogP contribution in [0.4, 0.5) is 0 Å². The van der Waals surface area contributed by atoms with Gasteiger partial charge in [0.2, 0.25) is 0 Å². The van der Waals surface area contributed by atoms with Crippen LogP contribution in [0.2, 0.25) is 0 Å². The Morgan fingerprint density at radius 3 is 3.30 bits per heavy atom. The van der Waals surface area contributed by atoms with Crippen LogP contribution in [0.1, 0.15) is 0 Å². The molecule has 0 aromatic carbocycles. The van der Waals surface area contributed by atoms with E-state index in [4.69, 9.17) is 4.74 Å². The van der Waals surface area contributed by atoms with Crippen molar-refractivity contribution in [3.63, 3.8) is 0 Å². The minimum Gasteiger partial charge on any atom is -0.378 e. The second kappa shape index (κ2) is 2.86. The first kappa shape index (κ1) is 6.58. The standard InChI is InChI=1S/C7H14N2O/c1-2-9-3-4-10-6-7(9)5-8-1/h7-8H,1-6H2. The molecule has 2 heterocycles. The fourth-order valence-electron chi connectivity index (χ4n) is 1.66. The van der Waals surface area contributed by atoms with E-state index in [0.717, 1.165) is 32.8 Å². The van der Waals surface area contributed by atoms with E-state index < -0.39 is 0 Å². The Hall–Kier alpha value is -0.120. The van der Waals surface area contributed by atoms with Crippen molar-refractivity contribution in [3.05, 3.63) is 0 Å². The van der Waals surface area contributed by atoms with Crippen molar-refractivity contribution in [3.8, 4) is 0 Å². The first-order valence-corrected chi connectivity index (χ1v) is 3.99. The maximum absolute atomic E-state index is 5.36. The van der Waals surface area contributed by atoms with Gasteiger partial charge in [0.1, 0.15) is 0 Å². The fraction of sp³-hybridized carbons (Fsp3) is 1.00. The van der Waals surface area contributed by atoms with Gasteiger partial charge in [-0.2, -0.15) is 0 Å². The van der Waals surface area contributed by atoms with Crippen LogP contribution < -0.4 is 5.32 Å². The number of hydrogen-bond acceptors (Lipinski definition) is 3. The molecular formula is C7H14N2O. The topological polar surface area (TPSA) is 24.5 Å². The molecule has 3 nitrogen and oxygen atoms in total. The van der Waals surface area contributed by atoms with Crippen LogP contribution in [0, 0.1) is 0 Å². The zero-order valence-corrected chi connectivity index (χ0v) is 6.18. The molecule has 2 rings (SSSR count). The minimum atomic E-state index is 0.655. The molecule has 0 saturated carbocycles. The van der Waals surface area contributed by atoms with Gasteiger partial charge in [-0.3, -0.25) is 4.90 Å². The molecule has 0 radical (unpaired) electrons. The van der Waals surface area contributed by atoms with Crippen LogP contribution in [0.5, 0.6) is 0 Å². The summed E-state index contributed by atoms with van der Waals surface area (Å²) in [5.41, 5.74) is 0. The predicted octanol–water partition coefficient (Wildman–Crippen LogP) is -0.710. The lowest BCUT2D eigenvalue weighted by Gasteiger charge is -2.39. The van der Waals surface area contributed by atoms with Gasteiger partial charge in [0.15, 0.2) is 0 Å². The van der Waals surface area contributed by atoms with Crippen LogP contribution in [-0.4, -0.2) is 50.3 Å². The molecule has 2 fully saturated rings. The summed E-state index contributed by atoms with van der Waals surface area (Å²) in [5.74, 6) is 0. The molecule has 0 aromatic rings. The molecule has 1 N–H and O–H groups in total. The number of rotatable bonds is 0. The summed E-state index contributed by atoms with van der Waals surface area (Å²) in [6.45, 7) is 6.44. The number of nitrogens with one attached hydrogen (secondary N) is 1. The average Bonchev–Trinajstić information content (AvgIpc) is 2.05. The van der Waals surface area contributed by atoms with Crippen molar-refractivity contribution in [2.45, 2.75) is 6.04 Å². The van der Waals surface area contributed by atoms with Gasteiger partial charge in [-0.05, 0) is 0 Å².